The van der Waals surface area contributed by atoms with Gasteiger partial charge < -0.3 is 9.30 Å². The van der Waals surface area contributed by atoms with Gasteiger partial charge in [-0.25, -0.2) is 13.4 Å². The first-order chi connectivity index (χ1) is 9.40. The molecule has 1 aliphatic rings. The van der Waals surface area contributed by atoms with Crippen molar-refractivity contribution < 1.29 is 17.9 Å². The molecule has 0 fully saturated rings. The molecular weight excluding hydrogens is 282 g/mol. The van der Waals surface area contributed by atoms with E-state index in [1.807, 2.05) is 7.05 Å². The summed E-state index contributed by atoms with van der Waals surface area (Å²) in [5.74, 6) is -0.519. The Labute approximate surface area is 118 Å². The molecule has 0 spiro atoms. The summed E-state index contributed by atoms with van der Waals surface area (Å²) >= 11 is 0. The average Bonchev–Trinajstić information content (AvgIpc) is 2.77. The van der Waals surface area contributed by atoms with Crippen LogP contribution >= 0.6 is 0 Å². The number of carbonyl (C=O) groups is 1. The van der Waals surface area contributed by atoms with Crippen LogP contribution in [0.1, 0.15) is 24.7 Å². The Morgan fingerprint density at radius 2 is 2.25 bits per heavy atom. The van der Waals surface area contributed by atoms with Gasteiger partial charge in [-0.1, -0.05) is 6.92 Å². The molecule has 0 radical (unpaired) electrons. The van der Waals surface area contributed by atoms with Gasteiger partial charge >= 0.3 is 5.97 Å². The highest BCUT2D eigenvalue weighted by Crippen LogP contribution is 2.26. The van der Waals surface area contributed by atoms with Crippen molar-refractivity contribution in [1.29, 1.82) is 0 Å². The topological polar surface area (TPSA) is 81.5 Å². The van der Waals surface area contributed by atoms with E-state index in [9.17, 15) is 13.2 Å². The minimum Gasteiger partial charge on any atom is -0.468 e. The molecule has 1 aliphatic heterocycles. The van der Waals surface area contributed by atoms with Gasteiger partial charge in [0, 0.05) is 13.5 Å². The number of aromatic nitrogens is 2. The maximum absolute atomic E-state index is 12.3. The molecule has 0 bridgehead atoms. The number of esters is 1. The van der Waals surface area contributed by atoms with Gasteiger partial charge in [0.25, 0.3) is 0 Å². The van der Waals surface area contributed by atoms with E-state index in [4.69, 9.17) is 4.74 Å². The summed E-state index contributed by atoms with van der Waals surface area (Å²) in [4.78, 5) is 16.1. The van der Waals surface area contributed by atoms with Crippen LogP contribution in [0.5, 0.6) is 0 Å². The molecule has 1 aromatic heterocycles. The molecule has 1 unspecified atom stereocenters. The van der Waals surface area contributed by atoms with Crippen LogP contribution in [0.4, 0.5) is 0 Å². The summed E-state index contributed by atoms with van der Waals surface area (Å²) in [5, 5.41) is 0. The quantitative estimate of drug-likeness (QED) is 0.735. The number of hydrogen-bond donors (Lipinski definition) is 0. The fraction of sp³-hybridized carbons (Fsp3) is 0.667. The van der Waals surface area contributed by atoms with Crippen molar-refractivity contribution in [3.63, 3.8) is 0 Å². The van der Waals surface area contributed by atoms with Crippen LogP contribution in [-0.2, 0) is 39.6 Å². The number of hydrogen-bond acceptors (Lipinski definition) is 5. The summed E-state index contributed by atoms with van der Waals surface area (Å²) in [7, 11) is -0.404. The van der Waals surface area contributed by atoms with Crippen molar-refractivity contribution in [2.75, 3.05) is 12.9 Å². The first-order valence-corrected chi connectivity index (χ1v) is 8.08. The number of rotatable bonds is 4. The number of methoxy groups -OCH3 is 1. The van der Waals surface area contributed by atoms with Crippen LogP contribution in [0.3, 0.4) is 0 Å². The molecule has 2 heterocycles. The first kappa shape index (κ1) is 15.0. The summed E-state index contributed by atoms with van der Waals surface area (Å²) in [6, 6.07) is -0.820. The van der Waals surface area contributed by atoms with Crippen molar-refractivity contribution in [2.24, 2.45) is 7.05 Å². The molecular formula is C12H19N3O4S. The summed E-state index contributed by atoms with van der Waals surface area (Å²) in [6.45, 7) is 1.96. The summed E-state index contributed by atoms with van der Waals surface area (Å²) in [6.07, 6.45) is 2.39. The van der Waals surface area contributed by atoms with Gasteiger partial charge in [0.15, 0.2) is 0 Å². The Hall–Kier alpha value is -1.41. The van der Waals surface area contributed by atoms with Crippen LogP contribution in [0, 0.1) is 0 Å². The highest BCUT2D eigenvalue weighted by molar-refractivity contribution is 7.89. The molecule has 0 saturated heterocycles. The van der Waals surface area contributed by atoms with Crippen molar-refractivity contribution >= 4 is 16.0 Å². The van der Waals surface area contributed by atoms with Gasteiger partial charge in [0.2, 0.25) is 10.0 Å². The third kappa shape index (κ3) is 2.57. The normalized spacial score (nSPS) is 19.6. The average molecular weight is 301 g/mol. The number of carbonyl (C=O) groups excluding carboxylic acids is 1. The Morgan fingerprint density at radius 3 is 2.85 bits per heavy atom. The molecule has 1 atom stereocenters. The van der Waals surface area contributed by atoms with Crippen LogP contribution in [-0.4, -0.2) is 47.1 Å². The highest BCUT2D eigenvalue weighted by atomic mass is 32.2. The third-order valence-corrected chi connectivity index (χ3v) is 5.50. The number of ether oxygens (including phenoxy) is 1. The second kappa shape index (κ2) is 5.53. The minimum absolute atomic E-state index is 0.0215. The van der Waals surface area contributed by atoms with Gasteiger partial charge in [0.05, 0.1) is 37.1 Å². The zero-order chi connectivity index (χ0) is 14.9. The van der Waals surface area contributed by atoms with Gasteiger partial charge in [0.1, 0.15) is 6.04 Å². The first-order valence-electron chi connectivity index (χ1n) is 6.47. The lowest BCUT2D eigenvalue weighted by Crippen LogP contribution is -2.50. The maximum Gasteiger partial charge on any atom is 0.324 e. The molecule has 8 heteroatoms. The van der Waals surface area contributed by atoms with E-state index < -0.39 is 22.0 Å². The second-order valence-electron chi connectivity index (χ2n) is 4.85. The van der Waals surface area contributed by atoms with E-state index in [0.29, 0.717) is 6.42 Å². The van der Waals surface area contributed by atoms with Crippen LogP contribution < -0.4 is 0 Å². The Kier molecular flexibility index (Phi) is 4.14. The van der Waals surface area contributed by atoms with Gasteiger partial charge in [-0.15, -0.1) is 0 Å². The molecule has 20 heavy (non-hydrogen) atoms. The number of fused-ring (bicyclic) bond motifs is 1. The summed E-state index contributed by atoms with van der Waals surface area (Å²) in [5.41, 5.74) is 1.58. The Bertz CT molecular complexity index is 608. The van der Waals surface area contributed by atoms with E-state index in [0.717, 1.165) is 11.4 Å². The van der Waals surface area contributed by atoms with E-state index in [1.54, 1.807) is 17.8 Å². The molecule has 0 aromatic carbocycles. The number of nitrogens with zero attached hydrogens (tertiary/aromatic N) is 3. The molecule has 2 rings (SSSR count). The van der Waals surface area contributed by atoms with Crippen LogP contribution in [0.2, 0.25) is 0 Å². The molecule has 1 aromatic rings. The number of sulfonamides is 1. The maximum atomic E-state index is 12.3. The number of aryl methyl sites for hydroxylation is 1. The van der Waals surface area contributed by atoms with Gasteiger partial charge in [-0.2, -0.15) is 4.31 Å². The predicted octanol–water partition coefficient (Wildman–Crippen LogP) is 0.0596. The molecule has 0 saturated carbocycles. The van der Waals surface area contributed by atoms with E-state index in [2.05, 4.69) is 4.98 Å². The molecule has 0 amide bonds. The van der Waals surface area contributed by atoms with Crippen molar-refractivity contribution in [3.8, 4) is 0 Å². The van der Waals surface area contributed by atoms with Crippen molar-refractivity contribution in [3.05, 3.63) is 17.7 Å². The standard InChI is InChI=1S/C12H19N3O4S/c1-4-5-20(17,18)15-7-11-9(13-8-14(11)2)6-10(15)12(16)19-3/h8,10H,4-7H2,1-3H3. The Balaban J connectivity index is 2.41. The third-order valence-electron chi connectivity index (χ3n) is 3.48. The van der Waals surface area contributed by atoms with Crippen LogP contribution in [0.15, 0.2) is 6.33 Å². The molecule has 0 N–H and O–H groups in total. The van der Waals surface area contributed by atoms with E-state index in [-0.39, 0.29) is 18.7 Å². The molecule has 7 nitrogen and oxygen atoms in total. The fourth-order valence-electron chi connectivity index (χ4n) is 2.42. The van der Waals surface area contributed by atoms with E-state index in [1.165, 1.54) is 11.4 Å². The SMILES string of the molecule is CCCS(=O)(=O)N1Cc2c(ncn2C)CC1C(=O)OC. The monoisotopic (exact) mass is 301 g/mol. The lowest BCUT2D eigenvalue weighted by Gasteiger charge is -2.32. The summed E-state index contributed by atoms with van der Waals surface area (Å²) < 4.78 is 32.5. The molecule has 112 valence electrons. The van der Waals surface area contributed by atoms with Crippen molar-refractivity contribution in [1.82, 2.24) is 13.9 Å². The van der Waals surface area contributed by atoms with E-state index >= 15 is 0 Å². The lowest BCUT2D eigenvalue weighted by atomic mass is 10.1. The minimum atomic E-state index is -3.48. The number of imidazole rings is 1. The highest BCUT2D eigenvalue weighted by Gasteiger charge is 2.40. The Morgan fingerprint density at radius 1 is 1.55 bits per heavy atom. The van der Waals surface area contributed by atoms with Gasteiger partial charge in [-0.3, -0.25) is 4.79 Å². The zero-order valence-corrected chi connectivity index (χ0v) is 12.7. The largest absolute Gasteiger partial charge is 0.468 e. The second-order valence-corrected chi connectivity index (χ2v) is 6.89. The predicted molar refractivity (Wildman–Crippen MR) is 72.3 cm³/mol. The fourth-order valence-corrected chi connectivity index (χ4v) is 4.04. The zero-order valence-electron chi connectivity index (χ0n) is 11.9. The molecule has 0 aliphatic carbocycles. The van der Waals surface area contributed by atoms with Crippen LogP contribution in [0.25, 0.3) is 0 Å². The van der Waals surface area contributed by atoms with Gasteiger partial charge in [-0.05, 0) is 6.42 Å². The lowest BCUT2D eigenvalue weighted by molar-refractivity contribution is -0.145. The van der Waals surface area contributed by atoms with Crippen molar-refractivity contribution in [2.45, 2.75) is 32.4 Å². The smallest absolute Gasteiger partial charge is 0.324 e.